The Hall–Kier alpha value is -1.93. The maximum Gasteiger partial charge on any atom is 0.145 e. The van der Waals surface area contributed by atoms with E-state index in [4.69, 9.17) is 9.52 Å². The molecule has 1 unspecified atom stereocenters. The number of nitrogens with one attached hydrogen (secondary N) is 1. The molecule has 0 spiro atoms. The predicted molar refractivity (Wildman–Crippen MR) is 94.1 cm³/mol. The number of nitrogens with zero attached hydrogens (tertiary/aromatic N) is 3. The van der Waals surface area contributed by atoms with Gasteiger partial charge in [-0.05, 0) is 25.0 Å². The van der Waals surface area contributed by atoms with Crippen LogP contribution in [0.5, 0.6) is 5.75 Å². The first-order valence-corrected chi connectivity index (χ1v) is 9.91. The highest BCUT2D eigenvalue weighted by atomic mass is 32.2. The zero-order chi connectivity index (χ0) is 17.4. The monoisotopic (exact) mass is 350 g/mol. The number of ether oxygens (including phenoxy) is 1. The molecule has 0 aliphatic carbocycles. The van der Waals surface area contributed by atoms with Crippen LogP contribution in [0.1, 0.15) is 12.8 Å². The molecule has 130 valence electrons. The van der Waals surface area contributed by atoms with E-state index in [0.29, 0.717) is 31.7 Å². The summed E-state index contributed by atoms with van der Waals surface area (Å²) in [6.07, 6.45) is 3.82. The van der Waals surface area contributed by atoms with Crippen LogP contribution in [0.4, 0.5) is 5.82 Å². The number of benzene rings is 1. The standard InChI is InChI=1S/C16H22N4O3S/c1-23-13-5-3-4-12-14(13)18-11-19-15(12)20-8-6-16(21,7-9-20)10-24(2,17)22/h3-5,11,17,21H,6-10H2,1-2H3. The number of fused-ring (bicyclic) bond motifs is 1. The van der Waals surface area contributed by atoms with E-state index in [2.05, 4.69) is 14.9 Å². The van der Waals surface area contributed by atoms with Gasteiger partial charge in [-0.25, -0.2) is 9.97 Å². The lowest BCUT2D eigenvalue weighted by Crippen LogP contribution is -2.48. The summed E-state index contributed by atoms with van der Waals surface area (Å²) in [4.78, 5) is 10.8. The number of hydrogen-bond donors (Lipinski definition) is 2. The Balaban J connectivity index is 1.86. The summed E-state index contributed by atoms with van der Waals surface area (Å²) in [5, 5.41) is 11.5. The van der Waals surface area contributed by atoms with Crippen LogP contribution in [0.25, 0.3) is 10.9 Å². The van der Waals surface area contributed by atoms with Crippen LogP contribution in [0.15, 0.2) is 24.5 Å². The number of hydrogen-bond acceptors (Lipinski definition) is 7. The zero-order valence-electron chi connectivity index (χ0n) is 13.9. The van der Waals surface area contributed by atoms with Gasteiger partial charge in [-0.3, -0.25) is 8.99 Å². The van der Waals surface area contributed by atoms with Gasteiger partial charge in [-0.2, -0.15) is 0 Å². The van der Waals surface area contributed by atoms with Gasteiger partial charge in [-0.1, -0.05) is 6.07 Å². The first-order valence-electron chi connectivity index (χ1n) is 7.78. The zero-order valence-corrected chi connectivity index (χ0v) is 14.7. The van der Waals surface area contributed by atoms with Crippen LogP contribution in [0.3, 0.4) is 0 Å². The summed E-state index contributed by atoms with van der Waals surface area (Å²) in [5.74, 6) is 1.53. The highest BCUT2D eigenvalue weighted by Crippen LogP contribution is 2.32. The van der Waals surface area contributed by atoms with Crippen molar-refractivity contribution in [2.45, 2.75) is 18.4 Å². The third-order valence-corrected chi connectivity index (χ3v) is 5.45. The maximum atomic E-state index is 11.7. The summed E-state index contributed by atoms with van der Waals surface area (Å²) < 4.78 is 24.7. The van der Waals surface area contributed by atoms with Gasteiger partial charge in [0, 0.05) is 34.5 Å². The second-order valence-electron chi connectivity index (χ2n) is 6.41. The summed E-state index contributed by atoms with van der Waals surface area (Å²) in [5.41, 5.74) is -0.279. The smallest absolute Gasteiger partial charge is 0.145 e. The molecule has 1 aliphatic heterocycles. The first kappa shape index (κ1) is 16.9. The molecule has 0 saturated carbocycles. The van der Waals surface area contributed by atoms with Crippen LogP contribution in [-0.2, 0) is 9.73 Å². The Morgan fingerprint density at radius 3 is 2.71 bits per heavy atom. The SMILES string of the molecule is COc1cccc2c(N3CCC(O)(CS(C)(=N)=O)CC3)ncnc12. The second kappa shape index (κ2) is 6.18. The molecule has 1 aromatic carbocycles. The van der Waals surface area contributed by atoms with Gasteiger partial charge in [0.15, 0.2) is 0 Å². The minimum atomic E-state index is -2.72. The van der Waals surface area contributed by atoms with Crippen LogP contribution in [-0.4, -0.2) is 57.1 Å². The molecule has 0 amide bonds. The number of aromatic nitrogens is 2. The summed E-state index contributed by atoms with van der Waals surface area (Å²) in [6.45, 7) is 1.19. The lowest BCUT2D eigenvalue weighted by molar-refractivity contribution is 0.0389. The fraction of sp³-hybridized carbons (Fsp3) is 0.500. The van der Waals surface area contributed by atoms with Gasteiger partial charge in [0.1, 0.15) is 23.4 Å². The topological polar surface area (TPSA) is 99.4 Å². The van der Waals surface area contributed by atoms with Gasteiger partial charge >= 0.3 is 0 Å². The fourth-order valence-corrected chi connectivity index (χ4v) is 4.57. The van der Waals surface area contributed by atoms with Gasteiger partial charge in [0.25, 0.3) is 0 Å². The molecular formula is C16H22N4O3S. The largest absolute Gasteiger partial charge is 0.494 e. The molecular weight excluding hydrogens is 328 g/mol. The average molecular weight is 350 g/mol. The number of piperidine rings is 1. The third kappa shape index (κ3) is 3.44. The molecule has 2 N–H and O–H groups in total. The summed E-state index contributed by atoms with van der Waals surface area (Å²) in [7, 11) is -1.11. The van der Waals surface area contributed by atoms with E-state index in [1.165, 1.54) is 12.6 Å². The van der Waals surface area contributed by atoms with E-state index in [1.807, 2.05) is 18.2 Å². The van der Waals surface area contributed by atoms with Crippen molar-refractivity contribution in [3.05, 3.63) is 24.5 Å². The minimum Gasteiger partial charge on any atom is -0.494 e. The van der Waals surface area contributed by atoms with Crippen LogP contribution in [0, 0.1) is 4.78 Å². The predicted octanol–water partition coefficient (Wildman–Crippen LogP) is 1.65. The van der Waals surface area contributed by atoms with E-state index in [9.17, 15) is 9.32 Å². The highest BCUT2D eigenvalue weighted by Gasteiger charge is 2.35. The Kier molecular flexibility index (Phi) is 4.35. The molecule has 8 heteroatoms. The fourth-order valence-electron chi connectivity index (χ4n) is 3.26. The van der Waals surface area contributed by atoms with E-state index in [0.717, 1.165) is 16.7 Å². The van der Waals surface area contributed by atoms with Crippen LogP contribution in [0.2, 0.25) is 0 Å². The molecule has 1 fully saturated rings. The number of anilines is 1. The molecule has 2 aromatic rings. The second-order valence-corrected chi connectivity index (χ2v) is 8.71. The highest BCUT2D eigenvalue weighted by molar-refractivity contribution is 7.91. The molecule has 24 heavy (non-hydrogen) atoms. The molecule has 1 aliphatic rings. The molecule has 7 nitrogen and oxygen atoms in total. The van der Waals surface area contributed by atoms with Crippen molar-refractivity contribution in [2.75, 3.05) is 37.1 Å². The van der Waals surface area contributed by atoms with Crippen molar-refractivity contribution >= 4 is 26.4 Å². The average Bonchev–Trinajstić information content (AvgIpc) is 2.52. The van der Waals surface area contributed by atoms with Gasteiger partial charge in [0.05, 0.1) is 18.5 Å². The van der Waals surface area contributed by atoms with Crippen molar-refractivity contribution in [3.63, 3.8) is 0 Å². The quantitative estimate of drug-likeness (QED) is 0.870. The number of rotatable bonds is 4. The van der Waals surface area contributed by atoms with Gasteiger partial charge < -0.3 is 14.7 Å². The molecule has 1 atom stereocenters. The van der Waals surface area contributed by atoms with Crippen molar-refractivity contribution in [1.29, 1.82) is 4.78 Å². The van der Waals surface area contributed by atoms with Gasteiger partial charge in [-0.15, -0.1) is 0 Å². The van der Waals surface area contributed by atoms with Crippen LogP contribution < -0.4 is 9.64 Å². The van der Waals surface area contributed by atoms with Crippen molar-refractivity contribution in [1.82, 2.24) is 9.97 Å². The third-order valence-electron chi connectivity index (χ3n) is 4.36. The van der Waals surface area contributed by atoms with Crippen molar-refractivity contribution in [3.8, 4) is 5.75 Å². The van der Waals surface area contributed by atoms with E-state index >= 15 is 0 Å². The first-order chi connectivity index (χ1) is 11.3. The number of aliphatic hydroxyl groups is 1. The van der Waals surface area contributed by atoms with E-state index < -0.39 is 15.3 Å². The summed E-state index contributed by atoms with van der Waals surface area (Å²) >= 11 is 0. The molecule has 2 heterocycles. The Labute approximate surface area is 141 Å². The van der Waals surface area contributed by atoms with Crippen LogP contribution >= 0.6 is 0 Å². The lowest BCUT2D eigenvalue weighted by atomic mass is 9.93. The number of methoxy groups -OCH3 is 1. The molecule has 1 aromatic heterocycles. The normalized spacial score (nSPS) is 19.9. The van der Waals surface area contributed by atoms with E-state index in [1.54, 1.807) is 7.11 Å². The maximum absolute atomic E-state index is 11.7. The van der Waals surface area contributed by atoms with Crippen molar-refractivity contribution < 1.29 is 14.1 Å². The molecule has 1 saturated heterocycles. The molecule has 3 rings (SSSR count). The minimum absolute atomic E-state index is 0.0200. The van der Waals surface area contributed by atoms with Gasteiger partial charge in [0.2, 0.25) is 0 Å². The van der Waals surface area contributed by atoms with Crippen molar-refractivity contribution in [2.24, 2.45) is 0 Å². The Bertz CT molecular complexity index is 846. The Morgan fingerprint density at radius 1 is 1.38 bits per heavy atom. The number of para-hydroxylation sites is 1. The molecule has 0 radical (unpaired) electrons. The Morgan fingerprint density at radius 2 is 2.08 bits per heavy atom. The summed E-state index contributed by atoms with van der Waals surface area (Å²) in [6, 6.07) is 5.72. The molecule has 0 bridgehead atoms. The van der Waals surface area contributed by atoms with E-state index in [-0.39, 0.29) is 5.75 Å². The lowest BCUT2D eigenvalue weighted by Gasteiger charge is -2.39.